The number of carbonyl (C=O) groups excluding carboxylic acids is 1. The lowest BCUT2D eigenvalue weighted by atomic mass is 9.80. The molecule has 0 radical (unpaired) electrons. The van der Waals surface area contributed by atoms with Crippen molar-refractivity contribution < 1.29 is 19.4 Å². The number of hydrogen-bond donors (Lipinski definition) is 1. The first-order valence-electron chi connectivity index (χ1n) is 7.92. The van der Waals surface area contributed by atoms with Crippen molar-refractivity contribution in [2.75, 3.05) is 13.7 Å². The first kappa shape index (κ1) is 17.3. The number of aromatic nitrogens is 2. The maximum absolute atomic E-state index is 12.5. The number of likely N-dealkylation sites (N-methyl/N-ethyl adjacent to an activating group) is 1. The number of carboxylic acids is 1. The van der Waals surface area contributed by atoms with Gasteiger partial charge in [-0.3, -0.25) is 9.48 Å². The van der Waals surface area contributed by atoms with Crippen LogP contribution < -0.4 is 4.74 Å². The number of hydrogen-bond acceptors (Lipinski definition) is 4. The molecular formula is C16H25N3O4. The predicted molar refractivity (Wildman–Crippen MR) is 84.4 cm³/mol. The topological polar surface area (TPSA) is 84.7 Å². The van der Waals surface area contributed by atoms with Crippen molar-refractivity contribution in [1.82, 2.24) is 14.7 Å². The Labute approximate surface area is 136 Å². The average Bonchev–Trinajstić information content (AvgIpc) is 2.77. The standard InChI is InChI=1S/C16H25N3O4/c1-11-14(12(2)19(4)17-11)23-10-13(20)18(3)16(15(21)22)8-6-5-7-9-16/h5-10H2,1-4H3,(H,21,22). The van der Waals surface area contributed by atoms with Gasteiger partial charge < -0.3 is 14.7 Å². The minimum atomic E-state index is -1.10. The van der Waals surface area contributed by atoms with Crippen molar-refractivity contribution >= 4 is 11.9 Å². The van der Waals surface area contributed by atoms with Crippen molar-refractivity contribution in [2.24, 2.45) is 7.05 Å². The molecule has 2 rings (SSSR count). The summed E-state index contributed by atoms with van der Waals surface area (Å²) in [6, 6.07) is 0. The Hall–Kier alpha value is -2.05. The fourth-order valence-electron chi connectivity index (χ4n) is 3.26. The minimum Gasteiger partial charge on any atom is -0.480 e. The third-order valence-electron chi connectivity index (χ3n) is 4.88. The number of carbonyl (C=O) groups is 2. The molecule has 0 spiro atoms. The van der Waals surface area contributed by atoms with Crippen LogP contribution in [0, 0.1) is 13.8 Å². The van der Waals surface area contributed by atoms with Crippen molar-refractivity contribution in [3.8, 4) is 5.75 Å². The Balaban J connectivity index is 2.08. The highest BCUT2D eigenvalue weighted by molar-refractivity contribution is 5.87. The van der Waals surface area contributed by atoms with E-state index >= 15 is 0 Å². The second kappa shape index (κ2) is 6.60. The van der Waals surface area contributed by atoms with Crippen LogP contribution in [-0.2, 0) is 16.6 Å². The summed E-state index contributed by atoms with van der Waals surface area (Å²) < 4.78 is 7.31. The van der Waals surface area contributed by atoms with Gasteiger partial charge in [0.1, 0.15) is 11.2 Å². The Bertz CT molecular complexity index is 603. The van der Waals surface area contributed by atoms with Gasteiger partial charge in [-0.15, -0.1) is 0 Å². The number of aryl methyl sites for hydroxylation is 2. The van der Waals surface area contributed by atoms with Crippen molar-refractivity contribution in [2.45, 2.75) is 51.5 Å². The summed E-state index contributed by atoms with van der Waals surface area (Å²) in [7, 11) is 3.37. The van der Waals surface area contributed by atoms with Gasteiger partial charge in [-0.1, -0.05) is 19.3 Å². The SMILES string of the molecule is Cc1nn(C)c(C)c1OCC(=O)N(C)C1(C(=O)O)CCCCC1. The molecule has 0 atom stereocenters. The first-order valence-corrected chi connectivity index (χ1v) is 7.92. The van der Waals surface area contributed by atoms with Crippen LogP contribution in [0.4, 0.5) is 0 Å². The molecule has 0 aliphatic heterocycles. The minimum absolute atomic E-state index is 0.182. The fourth-order valence-corrected chi connectivity index (χ4v) is 3.26. The number of rotatable bonds is 5. The van der Waals surface area contributed by atoms with Crippen molar-refractivity contribution in [3.05, 3.63) is 11.4 Å². The molecule has 1 aliphatic rings. The summed E-state index contributed by atoms with van der Waals surface area (Å²) >= 11 is 0. The van der Waals surface area contributed by atoms with Gasteiger partial charge in [0.25, 0.3) is 5.91 Å². The van der Waals surface area contributed by atoms with Crippen molar-refractivity contribution in [3.63, 3.8) is 0 Å². The monoisotopic (exact) mass is 323 g/mol. The lowest BCUT2D eigenvalue weighted by Crippen LogP contribution is -2.57. The van der Waals surface area contributed by atoms with Crippen LogP contribution in [0.25, 0.3) is 0 Å². The third-order valence-corrected chi connectivity index (χ3v) is 4.88. The third kappa shape index (κ3) is 3.18. The quantitative estimate of drug-likeness (QED) is 0.891. The second-order valence-corrected chi connectivity index (χ2v) is 6.26. The summed E-state index contributed by atoms with van der Waals surface area (Å²) in [4.78, 5) is 25.6. The van der Waals surface area contributed by atoms with Crippen LogP contribution in [-0.4, -0.2) is 50.9 Å². The molecule has 1 saturated carbocycles. The molecule has 1 aromatic rings. The van der Waals surface area contributed by atoms with Gasteiger partial charge in [0.2, 0.25) is 0 Å². The van der Waals surface area contributed by atoms with Gasteiger partial charge in [-0.25, -0.2) is 4.79 Å². The molecule has 1 amide bonds. The molecular weight excluding hydrogens is 298 g/mol. The van der Waals surface area contributed by atoms with Gasteiger partial charge >= 0.3 is 5.97 Å². The number of amides is 1. The predicted octanol–water partition coefficient (Wildman–Crippen LogP) is 1.66. The molecule has 1 heterocycles. The normalized spacial score (nSPS) is 16.9. The molecule has 1 aliphatic carbocycles. The summed E-state index contributed by atoms with van der Waals surface area (Å²) in [6.45, 7) is 3.50. The van der Waals surface area contributed by atoms with E-state index in [1.807, 2.05) is 20.9 Å². The highest BCUT2D eigenvalue weighted by Crippen LogP contribution is 2.33. The zero-order valence-corrected chi connectivity index (χ0v) is 14.3. The van der Waals surface area contributed by atoms with E-state index in [-0.39, 0.29) is 12.5 Å². The van der Waals surface area contributed by atoms with E-state index in [1.165, 1.54) is 4.90 Å². The smallest absolute Gasteiger partial charge is 0.329 e. The van der Waals surface area contributed by atoms with Crippen molar-refractivity contribution in [1.29, 1.82) is 0 Å². The van der Waals surface area contributed by atoms with E-state index in [1.54, 1.807) is 11.7 Å². The summed E-state index contributed by atoms with van der Waals surface area (Å²) in [5.74, 6) is -0.666. The van der Waals surface area contributed by atoms with Crippen LogP contribution in [0.5, 0.6) is 5.75 Å². The molecule has 7 nitrogen and oxygen atoms in total. The van der Waals surface area contributed by atoms with Crippen LogP contribution in [0.15, 0.2) is 0 Å². The van der Waals surface area contributed by atoms with E-state index in [2.05, 4.69) is 5.10 Å². The molecule has 1 N–H and O–H groups in total. The molecule has 0 bridgehead atoms. The largest absolute Gasteiger partial charge is 0.480 e. The highest BCUT2D eigenvalue weighted by Gasteiger charge is 2.45. The Morgan fingerprint density at radius 1 is 1.30 bits per heavy atom. The molecule has 7 heteroatoms. The van der Waals surface area contributed by atoms with Gasteiger partial charge in [0.15, 0.2) is 12.4 Å². The summed E-state index contributed by atoms with van der Waals surface area (Å²) in [5.41, 5.74) is 0.451. The fraction of sp³-hybridized carbons (Fsp3) is 0.688. The second-order valence-electron chi connectivity index (χ2n) is 6.26. The van der Waals surface area contributed by atoms with E-state index in [9.17, 15) is 14.7 Å². The molecule has 23 heavy (non-hydrogen) atoms. The average molecular weight is 323 g/mol. The number of carboxylic acid groups (broad SMARTS) is 1. The Morgan fingerprint density at radius 3 is 2.39 bits per heavy atom. The Kier molecular flexibility index (Phi) is 4.97. The number of ether oxygens (including phenoxy) is 1. The number of nitrogens with zero attached hydrogens (tertiary/aromatic N) is 3. The van der Waals surface area contributed by atoms with Gasteiger partial charge in [-0.05, 0) is 26.7 Å². The van der Waals surface area contributed by atoms with Gasteiger partial charge in [0.05, 0.1) is 5.69 Å². The molecule has 0 aromatic carbocycles. The van der Waals surface area contributed by atoms with Crippen LogP contribution in [0.1, 0.15) is 43.5 Å². The molecule has 0 saturated heterocycles. The lowest BCUT2D eigenvalue weighted by Gasteiger charge is -2.40. The molecule has 0 unspecified atom stereocenters. The van der Waals surface area contributed by atoms with Crippen LogP contribution in [0.2, 0.25) is 0 Å². The van der Waals surface area contributed by atoms with E-state index < -0.39 is 11.5 Å². The number of aliphatic carboxylic acids is 1. The molecule has 128 valence electrons. The molecule has 1 fully saturated rings. The van der Waals surface area contributed by atoms with E-state index in [0.29, 0.717) is 24.3 Å². The first-order chi connectivity index (χ1) is 10.8. The summed E-state index contributed by atoms with van der Waals surface area (Å²) in [5, 5.41) is 13.9. The summed E-state index contributed by atoms with van der Waals surface area (Å²) in [6.07, 6.45) is 3.66. The van der Waals surface area contributed by atoms with Crippen LogP contribution in [0.3, 0.4) is 0 Å². The van der Waals surface area contributed by atoms with Crippen LogP contribution >= 0.6 is 0 Å². The highest BCUT2D eigenvalue weighted by atomic mass is 16.5. The van der Waals surface area contributed by atoms with E-state index in [4.69, 9.17) is 4.74 Å². The zero-order chi connectivity index (χ0) is 17.2. The Morgan fingerprint density at radius 2 is 1.91 bits per heavy atom. The van der Waals surface area contributed by atoms with Gasteiger partial charge in [-0.2, -0.15) is 5.10 Å². The zero-order valence-electron chi connectivity index (χ0n) is 14.3. The maximum atomic E-state index is 12.5. The van der Waals surface area contributed by atoms with Gasteiger partial charge in [0, 0.05) is 14.1 Å². The maximum Gasteiger partial charge on any atom is 0.329 e. The van der Waals surface area contributed by atoms with E-state index in [0.717, 1.165) is 25.0 Å². The lowest BCUT2D eigenvalue weighted by molar-refractivity contribution is -0.161. The molecule has 1 aromatic heterocycles.